The summed E-state index contributed by atoms with van der Waals surface area (Å²) < 4.78 is 7.83. The van der Waals surface area contributed by atoms with Crippen molar-refractivity contribution < 1.29 is 4.74 Å². The molecule has 1 aromatic heterocycles. The molecular weight excluding hydrogens is 250 g/mol. The van der Waals surface area contributed by atoms with Crippen LogP contribution < -0.4 is 5.32 Å². The highest BCUT2D eigenvalue weighted by Gasteiger charge is 2.30. The maximum Gasteiger partial charge on any atom is 0.0782 e. The van der Waals surface area contributed by atoms with Gasteiger partial charge in [-0.1, -0.05) is 18.2 Å². The molecule has 2 rings (SSSR count). The molecule has 0 amide bonds. The predicted octanol–water partition coefficient (Wildman–Crippen LogP) is 2.52. The molecule has 0 spiro atoms. The van der Waals surface area contributed by atoms with Gasteiger partial charge >= 0.3 is 0 Å². The molecule has 0 bridgehead atoms. The molecule has 0 aliphatic rings. The van der Waals surface area contributed by atoms with E-state index in [-0.39, 0.29) is 11.6 Å². The van der Waals surface area contributed by atoms with Crippen molar-refractivity contribution in [2.24, 2.45) is 7.05 Å². The third-order valence-corrected chi connectivity index (χ3v) is 3.94. The number of aryl methyl sites for hydroxylation is 1. The molecule has 0 saturated heterocycles. The highest BCUT2D eigenvalue weighted by Crippen LogP contribution is 2.23. The van der Waals surface area contributed by atoms with E-state index < -0.39 is 0 Å². The molecule has 0 aliphatic carbocycles. The molecule has 1 N–H and O–H groups in total. The Morgan fingerprint density at radius 1 is 1.35 bits per heavy atom. The SMILES string of the molecule is CCOC(C)(C)C(Cc1nn(C)c2ccccc12)NC. The fourth-order valence-corrected chi connectivity index (χ4v) is 2.80. The molecule has 0 aliphatic heterocycles. The largest absolute Gasteiger partial charge is 0.374 e. The van der Waals surface area contributed by atoms with Crippen molar-refractivity contribution in [2.75, 3.05) is 13.7 Å². The monoisotopic (exact) mass is 275 g/mol. The van der Waals surface area contributed by atoms with Crippen LogP contribution in [0.15, 0.2) is 24.3 Å². The third kappa shape index (κ3) is 2.86. The molecule has 2 aromatic rings. The fourth-order valence-electron chi connectivity index (χ4n) is 2.80. The van der Waals surface area contributed by atoms with Crippen LogP contribution in [0.25, 0.3) is 10.9 Å². The maximum atomic E-state index is 5.88. The average molecular weight is 275 g/mol. The van der Waals surface area contributed by atoms with Crippen LogP contribution in [0.2, 0.25) is 0 Å². The highest BCUT2D eigenvalue weighted by molar-refractivity contribution is 5.81. The van der Waals surface area contributed by atoms with E-state index in [4.69, 9.17) is 4.74 Å². The average Bonchev–Trinajstić information content (AvgIpc) is 2.73. The number of aromatic nitrogens is 2. The van der Waals surface area contributed by atoms with Gasteiger partial charge in [-0.3, -0.25) is 4.68 Å². The van der Waals surface area contributed by atoms with Gasteiger partial charge in [0.1, 0.15) is 0 Å². The number of hydrogen-bond acceptors (Lipinski definition) is 3. The first-order valence-corrected chi connectivity index (χ1v) is 7.21. The highest BCUT2D eigenvalue weighted by atomic mass is 16.5. The second-order valence-corrected chi connectivity index (χ2v) is 5.67. The van der Waals surface area contributed by atoms with Crippen LogP contribution >= 0.6 is 0 Å². The molecule has 0 radical (unpaired) electrons. The van der Waals surface area contributed by atoms with Crippen LogP contribution in [0.3, 0.4) is 0 Å². The summed E-state index contributed by atoms with van der Waals surface area (Å²) in [6.07, 6.45) is 0.852. The number of nitrogens with zero attached hydrogens (tertiary/aromatic N) is 2. The summed E-state index contributed by atoms with van der Waals surface area (Å²) in [5.74, 6) is 0. The quantitative estimate of drug-likeness (QED) is 0.880. The minimum absolute atomic E-state index is 0.220. The summed E-state index contributed by atoms with van der Waals surface area (Å²) in [7, 11) is 3.98. The fraction of sp³-hybridized carbons (Fsp3) is 0.562. The van der Waals surface area contributed by atoms with Crippen molar-refractivity contribution in [1.29, 1.82) is 0 Å². The minimum atomic E-state index is -0.220. The molecule has 20 heavy (non-hydrogen) atoms. The second-order valence-electron chi connectivity index (χ2n) is 5.67. The van der Waals surface area contributed by atoms with E-state index in [0.29, 0.717) is 6.61 Å². The Morgan fingerprint density at radius 2 is 2.05 bits per heavy atom. The number of fused-ring (bicyclic) bond motifs is 1. The number of ether oxygens (including phenoxy) is 1. The Morgan fingerprint density at radius 3 is 2.70 bits per heavy atom. The lowest BCUT2D eigenvalue weighted by Gasteiger charge is -2.33. The van der Waals surface area contributed by atoms with Gasteiger partial charge in [-0.15, -0.1) is 0 Å². The van der Waals surface area contributed by atoms with Gasteiger partial charge in [0.25, 0.3) is 0 Å². The number of nitrogens with one attached hydrogen (secondary N) is 1. The standard InChI is InChI=1S/C16H25N3O/c1-6-20-16(2,3)15(17-4)11-13-12-9-7-8-10-14(12)19(5)18-13/h7-10,15,17H,6,11H2,1-5H3. The molecule has 1 atom stereocenters. The molecule has 4 nitrogen and oxygen atoms in total. The predicted molar refractivity (Wildman–Crippen MR) is 83.0 cm³/mol. The Balaban J connectivity index is 2.30. The maximum absolute atomic E-state index is 5.88. The third-order valence-electron chi connectivity index (χ3n) is 3.94. The molecule has 110 valence electrons. The number of hydrogen-bond donors (Lipinski definition) is 1. The van der Waals surface area contributed by atoms with E-state index in [1.165, 1.54) is 10.9 Å². The number of para-hydroxylation sites is 1. The van der Waals surface area contributed by atoms with Crippen molar-refractivity contribution in [2.45, 2.75) is 38.8 Å². The smallest absolute Gasteiger partial charge is 0.0782 e. The Kier molecular flexibility index (Phi) is 4.45. The van der Waals surface area contributed by atoms with Crippen molar-refractivity contribution in [3.8, 4) is 0 Å². The van der Waals surface area contributed by atoms with Crippen molar-refractivity contribution in [3.05, 3.63) is 30.0 Å². The van der Waals surface area contributed by atoms with E-state index in [9.17, 15) is 0 Å². The summed E-state index contributed by atoms with van der Waals surface area (Å²) in [5, 5.41) is 9.27. The first kappa shape index (κ1) is 15.0. The Bertz CT molecular complexity index is 574. The molecule has 1 unspecified atom stereocenters. The van der Waals surface area contributed by atoms with E-state index in [1.807, 2.05) is 31.8 Å². The summed E-state index contributed by atoms with van der Waals surface area (Å²) >= 11 is 0. The topological polar surface area (TPSA) is 39.1 Å². The van der Waals surface area contributed by atoms with Gasteiger partial charge in [0.05, 0.1) is 16.8 Å². The van der Waals surface area contributed by atoms with Gasteiger partial charge in [-0.2, -0.15) is 5.10 Å². The molecule has 4 heteroatoms. The minimum Gasteiger partial charge on any atom is -0.374 e. The van der Waals surface area contributed by atoms with Crippen molar-refractivity contribution in [1.82, 2.24) is 15.1 Å². The van der Waals surface area contributed by atoms with Gasteiger partial charge in [0.2, 0.25) is 0 Å². The first-order valence-electron chi connectivity index (χ1n) is 7.21. The normalized spacial score (nSPS) is 13.8. The van der Waals surface area contributed by atoms with Crippen molar-refractivity contribution >= 4 is 10.9 Å². The van der Waals surface area contributed by atoms with E-state index in [0.717, 1.165) is 12.1 Å². The zero-order valence-electron chi connectivity index (χ0n) is 13.1. The number of rotatable bonds is 6. The van der Waals surface area contributed by atoms with E-state index in [1.54, 1.807) is 0 Å². The van der Waals surface area contributed by atoms with Crippen LogP contribution in [0.1, 0.15) is 26.5 Å². The van der Waals surface area contributed by atoms with Gasteiger partial charge < -0.3 is 10.1 Å². The van der Waals surface area contributed by atoms with Gasteiger partial charge in [0, 0.05) is 31.5 Å². The summed E-state index contributed by atoms with van der Waals surface area (Å²) in [6, 6.07) is 8.58. The molecule has 1 heterocycles. The van der Waals surface area contributed by atoms with Crippen LogP contribution in [-0.4, -0.2) is 35.1 Å². The second kappa shape index (κ2) is 5.94. The summed E-state index contributed by atoms with van der Waals surface area (Å²) in [6.45, 7) is 7.00. The molecular formula is C16H25N3O. The van der Waals surface area contributed by atoms with Gasteiger partial charge in [-0.25, -0.2) is 0 Å². The van der Waals surface area contributed by atoms with Crippen LogP contribution in [0.4, 0.5) is 0 Å². The van der Waals surface area contributed by atoms with Crippen molar-refractivity contribution in [3.63, 3.8) is 0 Å². The Hall–Kier alpha value is -1.39. The lowest BCUT2D eigenvalue weighted by Crippen LogP contribution is -2.48. The molecule has 0 fully saturated rings. The zero-order valence-corrected chi connectivity index (χ0v) is 13.1. The zero-order chi connectivity index (χ0) is 14.8. The first-order chi connectivity index (χ1) is 9.49. The lowest BCUT2D eigenvalue weighted by molar-refractivity contribution is -0.0364. The van der Waals surface area contributed by atoms with E-state index in [2.05, 4.69) is 42.5 Å². The number of benzene rings is 1. The lowest BCUT2D eigenvalue weighted by atomic mass is 9.93. The molecule has 1 aromatic carbocycles. The van der Waals surface area contributed by atoms with Crippen LogP contribution in [-0.2, 0) is 18.2 Å². The van der Waals surface area contributed by atoms with Gasteiger partial charge in [0.15, 0.2) is 0 Å². The summed E-state index contributed by atoms with van der Waals surface area (Å²) in [5.41, 5.74) is 2.07. The number of likely N-dealkylation sites (N-methyl/N-ethyl adjacent to an activating group) is 1. The van der Waals surface area contributed by atoms with Gasteiger partial charge in [-0.05, 0) is 33.9 Å². The Labute approximate surface area is 121 Å². The van der Waals surface area contributed by atoms with Crippen LogP contribution in [0.5, 0.6) is 0 Å². The molecule has 0 saturated carbocycles. The van der Waals surface area contributed by atoms with E-state index >= 15 is 0 Å². The summed E-state index contributed by atoms with van der Waals surface area (Å²) in [4.78, 5) is 0. The van der Waals surface area contributed by atoms with Crippen LogP contribution in [0, 0.1) is 0 Å².